The number of nitrogens with one attached hydrogen (secondary N) is 1. The van der Waals surface area contributed by atoms with Gasteiger partial charge in [0.2, 0.25) is 23.6 Å². The van der Waals surface area contributed by atoms with Crippen molar-refractivity contribution in [1.29, 1.82) is 0 Å². The van der Waals surface area contributed by atoms with E-state index >= 15 is 0 Å². The topological polar surface area (TPSA) is 122 Å². The first kappa shape index (κ1) is 29.1. The number of phenolic OH excluding ortho intramolecular Hbond substituents is 1. The normalized spacial score (nSPS) is 28.8. The van der Waals surface area contributed by atoms with Gasteiger partial charge in [0, 0.05) is 28.8 Å². The fourth-order valence-electron chi connectivity index (χ4n) is 8.44. The summed E-state index contributed by atoms with van der Waals surface area (Å²) in [6, 6.07) is 11.4. The molecule has 4 aromatic rings. The number of halogens is 2. The Hall–Kier alpha value is -4.35. The average molecular weight is 659 g/mol. The predicted octanol–water partition coefficient (Wildman–Crippen LogP) is 5.63. The number of carbonyl (C=O) groups is 4. The molecule has 0 spiro atoms. The molecule has 3 fully saturated rings. The summed E-state index contributed by atoms with van der Waals surface area (Å²) in [5, 5.41) is 18.8. The van der Waals surface area contributed by atoms with Crippen LogP contribution in [0.25, 0.3) is 20.7 Å². The van der Waals surface area contributed by atoms with Crippen LogP contribution in [0.2, 0.25) is 5.02 Å². The minimum atomic E-state index is -1.34. The van der Waals surface area contributed by atoms with Gasteiger partial charge in [0.1, 0.15) is 11.5 Å². The fraction of sp³-hybridized carbons (Fsp3) is 0.324. The van der Waals surface area contributed by atoms with Gasteiger partial charge >= 0.3 is 0 Å². The Morgan fingerprint density at radius 2 is 1.87 bits per heavy atom. The highest BCUT2D eigenvalue weighted by Crippen LogP contribution is 2.63. The Balaban J connectivity index is 1.26. The zero-order valence-electron chi connectivity index (χ0n) is 25.0. The van der Waals surface area contributed by atoms with Crippen molar-refractivity contribution in [2.24, 2.45) is 36.1 Å². The van der Waals surface area contributed by atoms with Crippen molar-refractivity contribution in [1.82, 2.24) is 15.1 Å². The molecule has 2 aromatic heterocycles. The third kappa shape index (κ3) is 3.81. The van der Waals surface area contributed by atoms with Crippen molar-refractivity contribution < 1.29 is 28.7 Å². The Kier molecular flexibility index (Phi) is 6.21. The number of hydrogen-bond acceptors (Lipinski definition) is 7. The van der Waals surface area contributed by atoms with Gasteiger partial charge in [0.25, 0.3) is 0 Å². The number of aryl methyl sites for hydroxylation is 2. The van der Waals surface area contributed by atoms with Gasteiger partial charge in [-0.05, 0) is 79.5 Å². The molecule has 0 radical (unpaired) electrons. The van der Waals surface area contributed by atoms with Gasteiger partial charge in [-0.15, -0.1) is 11.3 Å². The molecule has 4 heterocycles. The van der Waals surface area contributed by atoms with Crippen LogP contribution in [0.15, 0.2) is 54.1 Å². The quantitative estimate of drug-likeness (QED) is 0.218. The van der Waals surface area contributed by atoms with Crippen LogP contribution in [0.5, 0.6) is 5.75 Å². The Labute approximate surface area is 271 Å². The number of aromatic hydroxyl groups is 1. The van der Waals surface area contributed by atoms with Crippen molar-refractivity contribution >= 4 is 62.5 Å². The van der Waals surface area contributed by atoms with Crippen LogP contribution < -0.4 is 10.2 Å². The molecular formula is C34H28ClFN4O5S. The van der Waals surface area contributed by atoms with Crippen molar-refractivity contribution in [3.63, 3.8) is 0 Å². The molecule has 234 valence electrons. The van der Waals surface area contributed by atoms with Crippen molar-refractivity contribution in [3.8, 4) is 16.3 Å². The number of carbonyl (C=O) groups excluding carboxylic acids is 4. The maximum atomic E-state index is 14.9. The Morgan fingerprint density at radius 1 is 1.09 bits per heavy atom. The van der Waals surface area contributed by atoms with E-state index in [1.54, 1.807) is 37.4 Å². The van der Waals surface area contributed by atoms with E-state index in [4.69, 9.17) is 16.7 Å². The SMILES string of the molecule is Cc1c(-c2cc(N3C(=O)[C@@H]4C[C@@H]5C(=CC[C@@H]6C(=O)NC(=O)[C@@H]65)[C@H](c5ccc(O)c(F)c5)[C@]4(C)C3=O)n(C)n2)sc2ccc(Cl)cc12. The number of hydrogen-bond donors (Lipinski definition) is 2. The van der Waals surface area contributed by atoms with E-state index in [1.165, 1.54) is 21.7 Å². The van der Waals surface area contributed by atoms with Gasteiger partial charge in [0.05, 0.1) is 28.0 Å². The van der Waals surface area contributed by atoms with Gasteiger partial charge in [-0.1, -0.05) is 29.3 Å². The van der Waals surface area contributed by atoms with Gasteiger partial charge in [-0.2, -0.15) is 5.10 Å². The summed E-state index contributed by atoms with van der Waals surface area (Å²) in [6.45, 7) is 3.71. The van der Waals surface area contributed by atoms with Gasteiger partial charge in [-0.25, -0.2) is 9.29 Å². The third-order valence-electron chi connectivity index (χ3n) is 10.6. The second kappa shape index (κ2) is 9.83. The van der Waals surface area contributed by atoms with Gasteiger partial charge < -0.3 is 5.11 Å². The van der Waals surface area contributed by atoms with Crippen LogP contribution in [0.3, 0.4) is 0 Å². The minimum Gasteiger partial charge on any atom is -0.505 e. The first-order valence-corrected chi connectivity index (χ1v) is 16.2. The molecule has 1 saturated carbocycles. The maximum Gasteiger partial charge on any atom is 0.242 e. The number of thiophene rings is 1. The van der Waals surface area contributed by atoms with E-state index in [2.05, 4.69) is 5.32 Å². The molecule has 0 unspecified atom stereocenters. The first-order valence-electron chi connectivity index (χ1n) is 15.0. The minimum absolute atomic E-state index is 0.184. The van der Waals surface area contributed by atoms with Crippen LogP contribution >= 0.6 is 22.9 Å². The zero-order chi connectivity index (χ0) is 32.4. The summed E-state index contributed by atoms with van der Waals surface area (Å²) in [5.41, 5.74) is 1.39. The number of phenols is 1. The molecule has 4 aliphatic rings. The molecule has 9 nitrogen and oxygen atoms in total. The van der Waals surface area contributed by atoms with Crippen LogP contribution in [-0.4, -0.2) is 38.5 Å². The molecule has 12 heteroatoms. The molecule has 2 aliphatic heterocycles. The lowest BCUT2D eigenvalue weighted by Crippen LogP contribution is -2.48. The van der Waals surface area contributed by atoms with Crippen molar-refractivity contribution in [2.45, 2.75) is 32.6 Å². The van der Waals surface area contributed by atoms with Gasteiger partial charge in [-0.3, -0.25) is 29.2 Å². The lowest BCUT2D eigenvalue weighted by molar-refractivity contribution is -0.131. The molecule has 2 aromatic carbocycles. The number of fused-ring (bicyclic) bond motifs is 5. The van der Waals surface area contributed by atoms with E-state index in [0.717, 1.165) is 26.1 Å². The summed E-state index contributed by atoms with van der Waals surface area (Å²) < 4.78 is 17.4. The number of anilines is 1. The number of benzene rings is 2. The number of nitrogens with zero attached hydrogens (tertiary/aromatic N) is 3. The third-order valence-corrected chi connectivity index (χ3v) is 12.2. The second-order valence-corrected chi connectivity index (χ2v) is 14.4. The standard InChI is InChI=1S/C34H28ClFN4O5S/c1-14-19-11-16(35)5-9-25(19)46-29(14)23-13-26(39(3)38-23)40-32(44)21-12-20-17(6-7-18-27(20)31(43)37-30(18)42)28(34(21,2)33(40)45)15-4-8-24(41)22(36)10-15/h4-6,8-11,13,18,20-21,27-28,41H,7,12H2,1-3H3,(H,37,42,43)/t18-,20+,21-,27-,28-,34+/m0/s1. The van der Waals surface area contributed by atoms with E-state index in [1.807, 2.05) is 31.2 Å². The van der Waals surface area contributed by atoms with Crippen LogP contribution in [-0.2, 0) is 26.2 Å². The second-order valence-electron chi connectivity index (χ2n) is 12.9. The molecular weight excluding hydrogens is 631 g/mol. The molecule has 2 aliphatic carbocycles. The predicted molar refractivity (Wildman–Crippen MR) is 170 cm³/mol. The van der Waals surface area contributed by atoms with E-state index in [-0.39, 0.29) is 12.3 Å². The number of rotatable bonds is 3. The number of imide groups is 2. The maximum absolute atomic E-state index is 14.9. The zero-order valence-corrected chi connectivity index (χ0v) is 26.6. The summed E-state index contributed by atoms with van der Waals surface area (Å²) in [6.07, 6.45) is 2.37. The summed E-state index contributed by atoms with van der Waals surface area (Å²) in [5.74, 6) is -6.11. The molecule has 6 atom stereocenters. The van der Waals surface area contributed by atoms with E-state index in [9.17, 15) is 28.7 Å². The Morgan fingerprint density at radius 3 is 2.63 bits per heavy atom. The molecule has 2 N–H and O–H groups in total. The highest BCUT2D eigenvalue weighted by atomic mass is 35.5. The van der Waals surface area contributed by atoms with Crippen LogP contribution in [0, 0.1) is 41.8 Å². The Bertz CT molecular complexity index is 2100. The summed E-state index contributed by atoms with van der Waals surface area (Å²) in [4.78, 5) is 57.0. The number of amides is 4. The van der Waals surface area contributed by atoms with Crippen LogP contribution in [0.1, 0.15) is 36.8 Å². The monoisotopic (exact) mass is 658 g/mol. The molecule has 0 bridgehead atoms. The van der Waals surface area contributed by atoms with E-state index in [0.29, 0.717) is 28.5 Å². The molecule has 2 saturated heterocycles. The number of aromatic nitrogens is 2. The fourth-order valence-corrected chi connectivity index (χ4v) is 9.76. The lowest BCUT2D eigenvalue weighted by atomic mass is 9.51. The smallest absolute Gasteiger partial charge is 0.242 e. The summed E-state index contributed by atoms with van der Waals surface area (Å²) in [7, 11) is 1.68. The van der Waals surface area contributed by atoms with Crippen molar-refractivity contribution in [3.05, 3.63) is 76.1 Å². The summed E-state index contributed by atoms with van der Waals surface area (Å²) >= 11 is 7.80. The molecule has 46 heavy (non-hydrogen) atoms. The lowest BCUT2D eigenvalue weighted by Gasteiger charge is -2.49. The first-order chi connectivity index (χ1) is 21.9. The average Bonchev–Trinajstić information content (AvgIpc) is 3.70. The molecule has 4 amide bonds. The molecule has 8 rings (SSSR count). The largest absolute Gasteiger partial charge is 0.505 e. The van der Waals surface area contributed by atoms with Crippen LogP contribution in [0.4, 0.5) is 10.2 Å². The van der Waals surface area contributed by atoms with E-state index < -0.39 is 64.3 Å². The number of allylic oxidation sites excluding steroid dienone is 2. The highest BCUT2D eigenvalue weighted by Gasteiger charge is 2.67. The van der Waals surface area contributed by atoms with Crippen molar-refractivity contribution in [2.75, 3.05) is 4.90 Å². The van der Waals surface area contributed by atoms with Gasteiger partial charge in [0.15, 0.2) is 11.6 Å². The highest BCUT2D eigenvalue weighted by molar-refractivity contribution is 7.22.